The van der Waals surface area contributed by atoms with Gasteiger partial charge >= 0.3 is 8.56 Å². The van der Waals surface area contributed by atoms with Gasteiger partial charge in [0, 0.05) is 26.3 Å². The van der Waals surface area contributed by atoms with Crippen molar-refractivity contribution < 1.29 is 23.8 Å². The molecule has 1 saturated carbocycles. The monoisotopic (exact) mass is 780 g/mol. The average molecular weight is 780 g/mol. The second-order valence-corrected chi connectivity index (χ2v) is 20.2. The molecule has 0 radical (unpaired) electrons. The van der Waals surface area contributed by atoms with Crippen molar-refractivity contribution in [1.29, 1.82) is 0 Å². The number of aliphatic hydroxyl groups is 2. The summed E-state index contributed by atoms with van der Waals surface area (Å²) in [6.07, 6.45) is 49.4. The number of hydrogen-bond acceptors (Lipinski definition) is 6. The first-order valence-electron chi connectivity index (χ1n) is 23.7. The Hall–Kier alpha value is -0.543. The zero-order valence-electron chi connectivity index (χ0n) is 36.4. The highest BCUT2D eigenvalue weighted by molar-refractivity contribution is 6.64. The Labute approximate surface area is 337 Å². The number of rotatable bonds is 41. The van der Waals surface area contributed by atoms with E-state index in [1.165, 1.54) is 154 Å². The van der Waals surface area contributed by atoms with Crippen LogP contribution < -0.4 is 0 Å². The molecule has 1 unspecified atom stereocenters. The predicted octanol–water partition coefficient (Wildman–Crippen LogP) is 13.2. The standard InChI is InChI=1S/C47H93NO5Si/c1-4-5-6-7-8-9-10-11-12-13-14-15-18-21-25-33-44-51-47(38-31-23-20-17-16-19-22-28-35-46-36-29-27-30-37-46)53-54(2,3)52-45-34-26-24-32-39-48(40-42-49)41-43-50/h8-9,11-12,46-47,49-50H,4-7,10,13-45H2,1-3H3/b9-8-,12-11-. The van der Waals surface area contributed by atoms with Crippen molar-refractivity contribution in [3.8, 4) is 0 Å². The second-order valence-electron chi connectivity index (χ2n) is 16.9. The lowest BCUT2D eigenvalue weighted by atomic mass is 9.85. The van der Waals surface area contributed by atoms with Gasteiger partial charge in [0.25, 0.3) is 0 Å². The van der Waals surface area contributed by atoms with Crippen LogP contribution in [0.1, 0.15) is 206 Å². The highest BCUT2D eigenvalue weighted by Gasteiger charge is 2.29. The highest BCUT2D eigenvalue weighted by atomic mass is 28.4. The van der Waals surface area contributed by atoms with Crippen LogP contribution in [-0.4, -0.2) is 76.0 Å². The van der Waals surface area contributed by atoms with Gasteiger partial charge in [0.05, 0.1) is 13.2 Å². The normalized spacial score (nSPS) is 15.1. The molecule has 0 saturated heterocycles. The van der Waals surface area contributed by atoms with Gasteiger partial charge in [-0.3, -0.25) is 4.90 Å². The number of hydrogen-bond donors (Lipinski definition) is 2. The van der Waals surface area contributed by atoms with Crippen LogP contribution in [0.3, 0.4) is 0 Å². The van der Waals surface area contributed by atoms with Crippen LogP contribution in [0.15, 0.2) is 24.3 Å². The lowest BCUT2D eigenvalue weighted by Crippen LogP contribution is -2.40. The molecule has 0 aromatic rings. The molecule has 0 aromatic heterocycles. The SMILES string of the molecule is CCCCC/C=C\C/C=C\CCCCCCCCOC(CCCCCCCCCCC1CCCCC1)O[Si](C)(C)OCCCCCCN(CCO)CCO. The van der Waals surface area contributed by atoms with Gasteiger partial charge < -0.3 is 23.8 Å². The van der Waals surface area contributed by atoms with Crippen LogP contribution in [0.4, 0.5) is 0 Å². The molecule has 0 heterocycles. The van der Waals surface area contributed by atoms with Gasteiger partial charge in [-0.05, 0) is 89.8 Å². The van der Waals surface area contributed by atoms with E-state index < -0.39 is 8.56 Å². The van der Waals surface area contributed by atoms with E-state index in [1.807, 2.05) is 0 Å². The van der Waals surface area contributed by atoms with E-state index in [1.54, 1.807) is 0 Å². The highest BCUT2D eigenvalue weighted by Crippen LogP contribution is 2.28. The lowest BCUT2D eigenvalue weighted by Gasteiger charge is -2.29. The number of aliphatic hydroxyl groups excluding tert-OH is 2. The number of nitrogens with zero attached hydrogens (tertiary/aromatic N) is 1. The third-order valence-corrected chi connectivity index (χ3v) is 13.0. The van der Waals surface area contributed by atoms with E-state index in [-0.39, 0.29) is 19.5 Å². The first kappa shape index (κ1) is 51.5. The van der Waals surface area contributed by atoms with Crippen LogP contribution in [0, 0.1) is 5.92 Å². The van der Waals surface area contributed by atoms with Gasteiger partial charge in [-0.1, -0.05) is 166 Å². The van der Waals surface area contributed by atoms with Crippen LogP contribution >= 0.6 is 0 Å². The number of allylic oxidation sites excluding steroid dienone is 4. The smallest absolute Gasteiger partial charge is 0.333 e. The Morgan fingerprint density at radius 3 is 1.76 bits per heavy atom. The second kappa shape index (κ2) is 39.3. The van der Waals surface area contributed by atoms with Crippen LogP contribution in [-0.2, 0) is 13.6 Å². The number of unbranched alkanes of at least 4 members (excludes halogenated alkanes) is 19. The Morgan fingerprint density at radius 1 is 0.593 bits per heavy atom. The summed E-state index contributed by atoms with van der Waals surface area (Å²) in [5.41, 5.74) is 0. The molecule has 2 N–H and O–H groups in total. The average Bonchev–Trinajstić information content (AvgIpc) is 3.16. The summed E-state index contributed by atoms with van der Waals surface area (Å²) in [6.45, 7) is 10.7. The molecule has 320 valence electrons. The van der Waals surface area contributed by atoms with Gasteiger partial charge in [-0.15, -0.1) is 0 Å². The molecule has 54 heavy (non-hydrogen) atoms. The maximum Gasteiger partial charge on any atom is 0.333 e. The fourth-order valence-electron chi connectivity index (χ4n) is 7.84. The molecule has 6 nitrogen and oxygen atoms in total. The molecule has 1 rings (SSSR count). The van der Waals surface area contributed by atoms with Gasteiger partial charge in [0.1, 0.15) is 6.29 Å². The van der Waals surface area contributed by atoms with Crippen molar-refractivity contribution in [2.45, 2.75) is 225 Å². The first-order valence-corrected chi connectivity index (χ1v) is 26.5. The summed E-state index contributed by atoms with van der Waals surface area (Å²) in [4.78, 5) is 2.13. The molecule has 0 aliphatic heterocycles. The maximum atomic E-state index is 9.22. The quantitative estimate of drug-likeness (QED) is 0.0279. The molecular weight excluding hydrogens is 687 g/mol. The van der Waals surface area contributed by atoms with E-state index in [0.717, 1.165) is 70.6 Å². The van der Waals surface area contributed by atoms with Crippen molar-refractivity contribution >= 4 is 8.56 Å². The molecule has 7 heteroatoms. The fourth-order valence-corrected chi connectivity index (χ4v) is 9.36. The summed E-state index contributed by atoms with van der Waals surface area (Å²) < 4.78 is 19.4. The minimum atomic E-state index is -2.29. The molecule has 0 spiro atoms. The first-order chi connectivity index (χ1) is 26.5. The Balaban J connectivity index is 2.26. The van der Waals surface area contributed by atoms with E-state index in [4.69, 9.17) is 13.6 Å². The third-order valence-electron chi connectivity index (χ3n) is 11.2. The van der Waals surface area contributed by atoms with Gasteiger partial charge in [-0.2, -0.15) is 0 Å². The summed E-state index contributed by atoms with van der Waals surface area (Å²) in [6, 6.07) is 0. The van der Waals surface area contributed by atoms with Crippen LogP contribution in [0.5, 0.6) is 0 Å². The lowest BCUT2D eigenvalue weighted by molar-refractivity contribution is -0.104. The van der Waals surface area contributed by atoms with Crippen LogP contribution in [0.2, 0.25) is 13.1 Å². The Kier molecular flexibility index (Phi) is 37.5. The molecule has 0 amide bonds. The molecule has 1 fully saturated rings. The number of ether oxygens (including phenoxy) is 1. The van der Waals surface area contributed by atoms with Gasteiger partial charge in [0.2, 0.25) is 0 Å². The van der Waals surface area contributed by atoms with E-state index >= 15 is 0 Å². The summed E-state index contributed by atoms with van der Waals surface area (Å²) in [7, 11) is -2.29. The molecule has 0 aromatic carbocycles. The minimum Gasteiger partial charge on any atom is -0.395 e. The molecular formula is C47H93NO5Si. The minimum absolute atomic E-state index is 0.145. The largest absolute Gasteiger partial charge is 0.395 e. The van der Waals surface area contributed by atoms with E-state index in [9.17, 15) is 10.2 Å². The summed E-state index contributed by atoms with van der Waals surface area (Å²) >= 11 is 0. The van der Waals surface area contributed by atoms with Crippen LogP contribution in [0.25, 0.3) is 0 Å². The van der Waals surface area contributed by atoms with Crippen molar-refractivity contribution in [2.75, 3.05) is 46.1 Å². The van der Waals surface area contributed by atoms with Crippen molar-refractivity contribution in [1.82, 2.24) is 4.90 Å². The maximum absolute atomic E-state index is 9.22. The molecule has 0 bridgehead atoms. The molecule has 1 aliphatic rings. The predicted molar refractivity (Wildman–Crippen MR) is 235 cm³/mol. The van der Waals surface area contributed by atoms with Gasteiger partial charge in [-0.25, -0.2) is 0 Å². The zero-order chi connectivity index (χ0) is 39.1. The van der Waals surface area contributed by atoms with E-state index in [2.05, 4.69) is 49.2 Å². The molecule has 1 atom stereocenters. The third kappa shape index (κ3) is 34.7. The van der Waals surface area contributed by atoms with Crippen molar-refractivity contribution in [3.63, 3.8) is 0 Å². The zero-order valence-corrected chi connectivity index (χ0v) is 37.4. The Morgan fingerprint density at radius 2 is 1.13 bits per heavy atom. The topological polar surface area (TPSA) is 71.4 Å². The Bertz CT molecular complexity index is 812. The van der Waals surface area contributed by atoms with Crippen molar-refractivity contribution in [3.05, 3.63) is 24.3 Å². The summed E-state index contributed by atoms with van der Waals surface area (Å²) in [5.74, 6) is 1.04. The van der Waals surface area contributed by atoms with Crippen molar-refractivity contribution in [2.24, 2.45) is 5.92 Å². The van der Waals surface area contributed by atoms with E-state index in [0.29, 0.717) is 13.1 Å². The fraction of sp³-hybridized carbons (Fsp3) is 0.915. The molecule has 1 aliphatic carbocycles. The van der Waals surface area contributed by atoms with Gasteiger partial charge in [0.15, 0.2) is 0 Å². The summed E-state index contributed by atoms with van der Waals surface area (Å²) in [5, 5.41) is 18.4.